The molecule has 132 valence electrons. The van der Waals surface area contributed by atoms with E-state index in [0.29, 0.717) is 18.6 Å². The second kappa shape index (κ2) is 6.78. The highest BCUT2D eigenvalue weighted by atomic mass is 16.5. The predicted octanol–water partition coefficient (Wildman–Crippen LogP) is 3.71. The van der Waals surface area contributed by atoms with Gasteiger partial charge in [-0.25, -0.2) is 0 Å². The fourth-order valence-corrected chi connectivity index (χ4v) is 5.38. The summed E-state index contributed by atoms with van der Waals surface area (Å²) in [5, 5.41) is 11.6. The molecule has 0 unspecified atom stereocenters. The Morgan fingerprint density at radius 3 is 2.50 bits per heavy atom. The van der Waals surface area contributed by atoms with Crippen LogP contribution in [0.25, 0.3) is 0 Å². The molecule has 3 aliphatic rings. The summed E-state index contributed by atoms with van der Waals surface area (Å²) in [6, 6.07) is 11.5. The highest BCUT2D eigenvalue weighted by Crippen LogP contribution is 2.42. The van der Waals surface area contributed by atoms with E-state index >= 15 is 0 Å². The molecule has 2 saturated heterocycles. The molecule has 0 radical (unpaired) electrons. The van der Waals surface area contributed by atoms with Crippen molar-refractivity contribution < 1.29 is 9.84 Å². The van der Waals surface area contributed by atoms with Gasteiger partial charge in [-0.05, 0) is 57.1 Å². The third kappa shape index (κ3) is 2.91. The minimum Gasteiger partial charge on any atom is -0.382 e. The van der Waals surface area contributed by atoms with E-state index < -0.39 is 5.60 Å². The van der Waals surface area contributed by atoms with Crippen molar-refractivity contribution >= 4 is 0 Å². The van der Waals surface area contributed by atoms with Crippen molar-refractivity contribution in [3.63, 3.8) is 0 Å². The lowest BCUT2D eigenvalue weighted by atomic mass is 9.80. The smallest absolute Gasteiger partial charge is 0.116 e. The van der Waals surface area contributed by atoms with Crippen molar-refractivity contribution in [2.24, 2.45) is 5.92 Å². The van der Waals surface area contributed by atoms with E-state index in [0.717, 1.165) is 30.9 Å². The van der Waals surface area contributed by atoms with E-state index in [4.69, 9.17) is 4.74 Å². The standard InChI is InChI=1S/C21H31NO2/c1-22-18-11-13-19(22)20(14-12-18)24-15-21(23,17-9-5-6-10-17)16-7-3-2-4-8-16/h2-4,7-8,17-20,23H,5-6,9-15H2,1H3/t18-,19+,20+,21+/m0/s1. The van der Waals surface area contributed by atoms with E-state index in [2.05, 4.69) is 24.1 Å². The van der Waals surface area contributed by atoms with Crippen molar-refractivity contribution in [3.8, 4) is 0 Å². The van der Waals surface area contributed by atoms with E-state index in [9.17, 15) is 5.11 Å². The van der Waals surface area contributed by atoms with Gasteiger partial charge in [0.1, 0.15) is 5.60 Å². The van der Waals surface area contributed by atoms with E-state index in [1.54, 1.807) is 0 Å². The summed E-state index contributed by atoms with van der Waals surface area (Å²) in [6.45, 7) is 0.446. The first-order chi connectivity index (χ1) is 11.7. The lowest BCUT2D eigenvalue weighted by Gasteiger charge is -2.40. The summed E-state index contributed by atoms with van der Waals surface area (Å²) < 4.78 is 6.42. The molecular weight excluding hydrogens is 298 g/mol. The fraction of sp³-hybridized carbons (Fsp3) is 0.714. The fourth-order valence-electron chi connectivity index (χ4n) is 5.38. The molecule has 0 aromatic heterocycles. The first-order valence-corrected chi connectivity index (χ1v) is 9.80. The minimum absolute atomic E-state index is 0.283. The number of fused-ring (bicyclic) bond motifs is 2. The van der Waals surface area contributed by atoms with Crippen LogP contribution in [0.3, 0.4) is 0 Å². The van der Waals surface area contributed by atoms with Crippen LogP contribution in [0.2, 0.25) is 0 Å². The molecule has 1 aromatic carbocycles. The van der Waals surface area contributed by atoms with Crippen molar-refractivity contribution in [1.29, 1.82) is 0 Å². The Hall–Kier alpha value is -0.900. The number of aliphatic hydroxyl groups is 1. The number of hydrogen-bond acceptors (Lipinski definition) is 3. The van der Waals surface area contributed by atoms with Gasteiger partial charge in [0.25, 0.3) is 0 Å². The van der Waals surface area contributed by atoms with Crippen molar-refractivity contribution in [2.45, 2.75) is 75.2 Å². The molecule has 0 amide bonds. The Bertz CT molecular complexity index is 542. The summed E-state index contributed by atoms with van der Waals surface area (Å²) in [6.07, 6.45) is 9.93. The second-order valence-electron chi connectivity index (χ2n) is 8.16. The summed E-state index contributed by atoms with van der Waals surface area (Å²) >= 11 is 0. The van der Waals surface area contributed by atoms with Crippen LogP contribution in [0.5, 0.6) is 0 Å². The van der Waals surface area contributed by atoms with Crippen LogP contribution in [-0.2, 0) is 10.3 Å². The highest BCUT2D eigenvalue weighted by Gasteiger charge is 2.44. The van der Waals surface area contributed by atoms with Crippen molar-refractivity contribution in [2.75, 3.05) is 13.7 Å². The molecule has 3 fully saturated rings. The van der Waals surface area contributed by atoms with Gasteiger partial charge in [0.15, 0.2) is 0 Å². The summed E-state index contributed by atoms with van der Waals surface area (Å²) in [4.78, 5) is 2.52. The number of likely N-dealkylation sites (N-methyl/N-ethyl adjacent to an activating group) is 1. The molecule has 3 nitrogen and oxygen atoms in total. The molecular formula is C21H31NO2. The quantitative estimate of drug-likeness (QED) is 0.894. The van der Waals surface area contributed by atoms with Gasteiger partial charge in [-0.3, -0.25) is 4.90 Å². The zero-order valence-electron chi connectivity index (χ0n) is 14.9. The Morgan fingerprint density at radius 2 is 1.75 bits per heavy atom. The van der Waals surface area contributed by atoms with Gasteiger partial charge in [0.2, 0.25) is 0 Å². The van der Waals surface area contributed by atoms with Crippen LogP contribution >= 0.6 is 0 Å². The molecule has 1 aromatic rings. The third-order valence-corrected chi connectivity index (χ3v) is 6.93. The van der Waals surface area contributed by atoms with Crippen molar-refractivity contribution in [3.05, 3.63) is 35.9 Å². The molecule has 2 aliphatic heterocycles. The summed E-state index contributed by atoms with van der Waals surface area (Å²) in [5.41, 5.74) is 0.205. The average molecular weight is 329 g/mol. The maximum atomic E-state index is 11.6. The number of hydrogen-bond donors (Lipinski definition) is 1. The number of ether oxygens (including phenoxy) is 1. The molecule has 0 spiro atoms. The zero-order chi connectivity index (χ0) is 16.6. The topological polar surface area (TPSA) is 32.7 Å². The maximum absolute atomic E-state index is 11.6. The summed E-state index contributed by atoms with van der Waals surface area (Å²) in [7, 11) is 2.25. The lowest BCUT2D eigenvalue weighted by Crippen LogP contribution is -2.48. The van der Waals surface area contributed by atoms with Crippen molar-refractivity contribution in [1.82, 2.24) is 4.90 Å². The van der Waals surface area contributed by atoms with E-state index in [1.165, 1.54) is 32.1 Å². The molecule has 1 aliphatic carbocycles. The lowest BCUT2D eigenvalue weighted by molar-refractivity contribution is -0.129. The Kier molecular flexibility index (Phi) is 4.68. The molecule has 24 heavy (non-hydrogen) atoms. The third-order valence-electron chi connectivity index (χ3n) is 6.93. The Morgan fingerprint density at radius 1 is 1.04 bits per heavy atom. The molecule has 1 saturated carbocycles. The largest absolute Gasteiger partial charge is 0.382 e. The molecule has 3 heteroatoms. The number of rotatable bonds is 5. The van der Waals surface area contributed by atoms with Crippen LogP contribution in [0, 0.1) is 5.92 Å². The van der Waals surface area contributed by atoms with Gasteiger partial charge < -0.3 is 9.84 Å². The molecule has 2 heterocycles. The van der Waals surface area contributed by atoms with Gasteiger partial charge >= 0.3 is 0 Å². The number of piperidine rings is 1. The predicted molar refractivity (Wildman–Crippen MR) is 95.8 cm³/mol. The molecule has 4 atom stereocenters. The van der Waals surface area contributed by atoms with Crippen LogP contribution in [0.1, 0.15) is 56.9 Å². The van der Waals surface area contributed by atoms with Gasteiger partial charge in [-0.15, -0.1) is 0 Å². The van der Waals surface area contributed by atoms with Crippen LogP contribution in [0.15, 0.2) is 30.3 Å². The Labute approximate surface area is 146 Å². The Balaban J connectivity index is 1.50. The average Bonchev–Trinajstić information content (AvgIpc) is 3.22. The maximum Gasteiger partial charge on any atom is 0.116 e. The van der Waals surface area contributed by atoms with Gasteiger partial charge in [0, 0.05) is 12.1 Å². The SMILES string of the molecule is CN1[C@H]2CC[C@@H]1[C@H](OC[C@@](O)(c1ccccc1)C1CCCC1)CC2. The first-order valence-electron chi connectivity index (χ1n) is 9.80. The van der Waals surface area contributed by atoms with Gasteiger partial charge in [-0.2, -0.15) is 0 Å². The minimum atomic E-state index is -0.828. The zero-order valence-corrected chi connectivity index (χ0v) is 14.9. The molecule has 4 rings (SSSR count). The highest BCUT2D eigenvalue weighted by molar-refractivity contribution is 5.24. The summed E-state index contributed by atoms with van der Waals surface area (Å²) in [5.74, 6) is 0.331. The normalized spacial score (nSPS) is 33.7. The number of benzene rings is 1. The molecule has 1 N–H and O–H groups in total. The van der Waals surface area contributed by atoms with Crippen LogP contribution in [-0.4, -0.2) is 41.8 Å². The second-order valence-corrected chi connectivity index (χ2v) is 8.16. The van der Waals surface area contributed by atoms with Gasteiger partial charge in [0.05, 0.1) is 12.7 Å². The van der Waals surface area contributed by atoms with Crippen LogP contribution < -0.4 is 0 Å². The first kappa shape index (κ1) is 16.6. The number of nitrogens with zero attached hydrogens (tertiary/aromatic N) is 1. The van der Waals surface area contributed by atoms with Crippen LogP contribution in [0.4, 0.5) is 0 Å². The van der Waals surface area contributed by atoms with E-state index in [1.807, 2.05) is 18.2 Å². The van der Waals surface area contributed by atoms with Gasteiger partial charge in [-0.1, -0.05) is 43.2 Å². The molecule has 2 bridgehead atoms. The van der Waals surface area contributed by atoms with E-state index in [-0.39, 0.29) is 6.10 Å². The monoisotopic (exact) mass is 329 g/mol.